The van der Waals surface area contributed by atoms with Crippen molar-refractivity contribution < 1.29 is 15.0 Å². The van der Waals surface area contributed by atoms with Crippen LogP contribution in [0.1, 0.15) is 19.3 Å². The van der Waals surface area contributed by atoms with E-state index in [1.54, 1.807) is 0 Å². The van der Waals surface area contributed by atoms with E-state index in [2.05, 4.69) is 4.58 Å². The molecule has 6 nitrogen and oxygen atoms in total. The van der Waals surface area contributed by atoms with Gasteiger partial charge >= 0.3 is 6.09 Å². The maximum atomic E-state index is 10.7. The van der Waals surface area contributed by atoms with Gasteiger partial charge in [-0.15, -0.1) is 4.91 Å². The summed E-state index contributed by atoms with van der Waals surface area (Å²) in [5.41, 5.74) is 0. The lowest BCUT2D eigenvalue weighted by Crippen LogP contribution is -2.44. The molecule has 1 aliphatic rings. The van der Waals surface area contributed by atoms with Gasteiger partial charge in [0, 0.05) is 41.0 Å². The van der Waals surface area contributed by atoms with E-state index in [0.717, 1.165) is 11.9 Å². The van der Waals surface area contributed by atoms with E-state index in [1.807, 2.05) is 0 Å². The van der Waals surface area contributed by atoms with Crippen LogP contribution in [-0.4, -0.2) is 45.6 Å². The third-order valence-corrected chi connectivity index (χ3v) is 3.82. The van der Waals surface area contributed by atoms with Crippen LogP contribution in [0.25, 0.3) is 0 Å². The fraction of sp³-hybridized carbons (Fsp3) is 0.875. The molecule has 0 aromatic heterocycles. The van der Waals surface area contributed by atoms with Gasteiger partial charge in [0.1, 0.15) is 0 Å². The minimum atomic E-state index is -0.934. The number of aliphatic hydroxyl groups excluding tert-OH is 1. The summed E-state index contributed by atoms with van der Waals surface area (Å²) in [7, 11) is 0. The summed E-state index contributed by atoms with van der Waals surface area (Å²) >= 11 is 0.928. The van der Waals surface area contributed by atoms with Crippen LogP contribution >= 0.6 is 11.9 Å². The molecule has 0 aromatic carbocycles. The average Bonchev–Trinajstić information content (AvgIpc) is 2.19. The van der Waals surface area contributed by atoms with E-state index < -0.39 is 6.09 Å². The van der Waals surface area contributed by atoms with Crippen LogP contribution < -0.4 is 0 Å². The van der Waals surface area contributed by atoms with Crippen LogP contribution in [0.15, 0.2) is 4.58 Å². The number of hydrogen-bond acceptors (Lipinski definition) is 5. The highest BCUT2D eigenvalue weighted by molar-refractivity contribution is 7.99. The Bertz CT molecular complexity index is 241. The van der Waals surface area contributed by atoms with Crippen molar-refractivity contribution in [1.29, 1.82) is 0 Å². The summed E-state index contributed by atoms with van der Waals surface area (Å²) < 4.78 is 2.44. The van der Waals surface area contributed by atoms with E-state index in [4.69, 9.17) is 10.2 Å². The third kappa shape index (κ3) is 3.07. The molecule has 0 atom stereocenters. The van der Waals surface area contributed by atoms with Gasteiger partial charge < -0.3 is 15.1 Å². The van der Waals surface area contributed by atoms with Crippen LogP contribution in [0, 0.1) is 4.91 Å². The molecule has 1 saturated heterocycles. The molecule has 7 heteroatoms. The monoisotopic (exact) mass is 234 g/mol. The maximum Gasteiger partial charge on any atom is 0.407 e. The molecule has 0 unspecified atom stereocenters. The van der Waals surface area contributed by atoms with Crippen LogP contribution in [0.2, 0.25) is 0 Å². The standard InChI is InChI=1S/C8H14N2O4S/c11-6-3-8(15-9-14)1-4-10(5-2-8)7(12)13/h11H,1-6H2,(H,12,13). The highest BCUT2D eigenvalue weighted by Crippen LogP contribution is 2.39. The minimum Gasteiger partial charge on any atom is -0.465 e. The molecule has 1 fully saturated rings. The van der Waals surface area contributed by atoms with Gasteiger partial charge in [-0.1, -0.05) is 0 Å². The third-order valence-electron chi connectivity index (χ3n) is 2.74. The van der Waals surface area contributed by atoms with Gasteiger partial charge in [-0.3, -0.25) is 0 Å². The number of rotatable bonds is 4. The number of carboxylic acid groups (broad SMARTS) is 1. The van der Waals surface area contributed by atoms with Gasteiger partial charge in [0.15, 0.2) is 0 Å². The van der Waals surface area contributed by atoms with E-state index in [-0.39, 0.29) is 11.4 Å². The van der Waals surface area contributed by atoms with Crippen molar-refractivity contribution in [2.24, 2.45) is 4.58 Å². The molecular formula is C8H14N2O4S. The first-order chi connectivity index (χ1) is 7.13. The molecule has 0 spiro atoms. The molecule has 1 rings (SSSR count). The smallest absolute Gasteiger partial charge is 0.407 e. The van der Waals surface area contributed by atoms with Crippen LogP contribution in [-0.2, 0) is 0 Å². The zero-order chi connectivity index (χ0) is 11.3. The van der Waals surface area contributed by atoms with Crippen molar-refractivity contribution in [3.8, 4) is 0 Å². The molecule has 0 radical (unpaired) electrons. The molecule has 0 bridgehead atoms. The molecule has 2 N–H and O–H groups in total. The molecule has 15 heavy (non-hydrogen) atoms. The fourth-order valence-electron chi connectivity index (χ4n) is 1.78. The van der Waals surface area contributed by atoms with E-state index in [0.29, 0.717) is 32.4 Å². The lowest BCUT2D eigenvalue weighted by Gasteiger charge is -2.37. The van der Waals surface area contributed by atoms with Gasteiger partial charge in [-0.25, -0.2) is 4.79 Å². The van der Waals surface area contributed by atoms with Crippen LogP contribution in [0.5, 0.6) is 0 Å². The summed E-state index contributed by atoms with van der Waals surface area (Å²) in [6, 6.07) is 0. The van der Waals surface area contributed by atoms with Crippen molar-refractivity contribution in [2.75, 3.05) is 19.7 Å². The summed E-state index contributed by atoms with van der Waals surface area (Å²) in [5.74, 6) is 0. The van der Waals surface area contributed by atoms with Crippen LogP contribution in [0.3, 0.4) is 0 Å². The molecule has 0 saturated carbocycles. The number of likely N-dealkylation sites (tertiary alicyclic amines) is 1. The quantitative estimate of drug-likeness (QED) is 0.565. The van der Waals surface area contributed by atoms with Gasteiger partial charge in [-0.2, -0.15) is 0 Å². The molecular weight excluding hydrogens is 220 g/mol. The number of aliphatic hydroxyl groups is 1. The summed E-state index contributed by atoms with van der Waals surface area (Å²) in [6.45, 7) is 0.797. The van der Waals surface area contributed by atoms with E-state index in [9.17, 15) is 9.70 Å². The van der Waals surface area contributed by atoms with Gasteiger partial charge in [0.2, 0.25) is 0 Å². The second-order valence-electron chi connectivity index (χ2n) is 3.59. The number of nitrogens with zero attached hydrogens (tertiary/aromatic N) is 2. The normalized spacial score (nSPS) is 19.9. The largest absolute Gasteiger partial charge is 0.465 e. The SMILES string of the molecule is O=NSC1(CCO)CCN(C(=O)O)CC1. The van der Waals surface area contributed by atoms with Gasteiger partial charge in [-0.05, 0) is 19.3 Å². The first-order valence-corrected chi connectivity index (χ1v) is 5.50. The first-order valence-electron chi connectivity index (χ1n) is 4.73. The highest BCUT2D eigenvalue weighted by atomic mass is 32.2. The Balaban J connectivity index is 2.56. The van der Waals surface area contributed by atoms with Gasteiger partial charge in [0.05, 0.1) is 0 Å². The Labute approximate surface area is 91.8 Å². The topological polar surface area (TPSA) is 90.2 Å². The summed E-state index contributed by atoms with van der Waals surface area (Å²) in [6.07, 6.45) is 0.681. The number of nitroso groups, excluding NO2 is 1. The molecule has 0 aliphatic carbocycles. The van der Waals surface area contributed by atoms with Crippen molar-refractivity contribution in [3.63, 3.8) is 0 Å². The Morgan fingerprint density at radius 1 is 1.47 bits per heavy atom. The fourth-order valence-corrected chi connectivity index (χ4v) is 2.48. The maximum absolute atomic E-state index is 10.7. The number of amides is 1. The molecule has 1 heterocycles. The minimum absolute atomic E-state index is 0.00437. The van der Waals surface area contributed by atoms with E-state index in [1.165, 1.54) is 4.90 Å². The molecule has 1 aliphatic heterocycles. The Morgan fingerprint density at radius 2 is 2.07 bits per heavy atom. The van der Waals surface area contributed by atoms with Crippen molar-refractivity contribution >= 4 is 18.0 Å². The van der Waals surface area contributed by atoms with Crippen molar-refractivity contribution in [3.05, 3.63) is 4.91 Å². The van der Waals surface area contributed by atoms with Crippen molar-refractivity contribution in [1.82, 2.24) is 4.90 Å². The Morgan fingerprint density at radius 3 is 2.47 bits per heavy atom. The number of hydrogen-bond donors (Lipinski definition) is 2. The van der Waals surface area contributed by atoms with Gasteiger partial charge in [0.25, 0.3) is 0 Å². The second-order valence-corrected chi connectivity index (χ2v) is 4.79. The predicted octanol–water partition coefficient (Wildman–Crippen LogP) is 1.30. The predicted molar refractivity (Wildman–Crippen MR) is 56.7 cm³/mol. The highest BCUT2D eigenvalue weighted by Gasteiger charge is 2.37. The zero-order valence-electron chi connectivity index (χ0n) is 8.26. The zero-order valence-corrected chi connectivity index (χ0v) is 9.07. The average molecular weight is 234 g/mol. The summed E-state index contributed by atoms with van der Waals surface area (Å²) in [4.78, 5) is 22.3. The number of carbonyl (C=O) groups is 1. The lowest BCUT2D eigenvalue weighted by molar-refractivity contribution is 0.125. The lowest BCUT2D eigenvalue weighted by atomic mass is 9.93. The Hall–Kier alpha value is -0.820. The summed E-state index contributed by atoms with van der Waals surface area (Å²) in [5, 5.41) is 17.7. The first kappa shape index (κ1) is 12.3. The molecule has 1 amide bonds. The van der Waals surface area contributed by atoms with E-state index >= 15 is 0 Å². The van der Waals surface area contributed by atoms with Crippen LogP contribution in [0.4, 0.5) is 4.79 Å². The van der Waals surface area contributed by atoms with Crippen molar-refractivity contribution in [2.45, 2.75) is 24.0 Å². The Kier molecular flexibility index (Phi) is 4.34. The second kappa shape index (κ2) is 5.32. The number of piperidine rings is 1. The molecule has 0 aromatic rings. The molecule has 86 valence electrons.